The summed E-state index contributed by atoms with van der Waals surface area (Å²) in [6.45, 7) is 11.4. The first-order valence-electron chi connectivity index (χ1n) is 28.2. The summed E-state index contributed by atoms with van der Waals surface area (Å²) >= 11 is 0. The minimum Gasteiger partial charge on any atom is -0.462 e. The number of carbonyl (C=O) groups is 3. The van der Waals surface area contributed by atoms with E-state index in [2.05, 4.69) is 34.6 Å². The van der Waals surface area contributed by atoms with Gasteiger partial charge in [0.2, 0.25) is 0 Å². The molecular weight excluding hydrogens is 781 g/mol. The molecule has 1 atom stereocenters. The Balaban J connectivity index is 4.31. The van der Waals surface area contributed by atoms with Gasteiger partial charge in [-0.2, -0.15) is 0 Å². The van der Waals surface area contributed by atoms with Crippen LogP contribution in [-0.2, 0) is 28.6 Å². The van der Waals surface area contributed by atoms with E-state index in [-0.39, 0.29) is 31.1 Å². The van der Waals surface area contributed by atoms with Gasteiger partial charge in [-0.05, 0) is 31.1 Å². The third-order valence-corrected chi connectivity index (χ3v) is 13.0. The number of hydrogen-bond acceptors (Lipinski definition) is 6. The molecule has 0 aliphatic rings. The highest BCUT2D eigenvalue weighted by Gasteiger charge is 2.19. The molecule has 0 heterocycles. The first kappa shape index (κ1) is 61.4. The van der Waals surface area contributed by atoms with Crippen molar-refractivity contribution < 1.29 is 28.6 Å². The van der Waals surface area contributed by atoms with Crippen LogP contribution in [0.5, 0.6) is 0 Å². The molecule has 0 radical (unpaired) electrons. The summed E-state index contributed by atoms with van der Waals surface area (Å²) in [5.41, 5.74) is 0. The second-order valence-corrected chi connectivity index (χ2v) is 20.5. The molecule has 374 valence electrons. The SMILES string of the molecule is CCCCCCCCCCCCCCCCC(=O)OC[C@H](COC(=O)CCCCCCCCCCCCCCC(C)C)OC(=O)CCCCCCCCCCCCCCCC(C)C. The predicted octanol–water partition coefficient (Wildman–Crippen LogP) is 18.5. The van der Waals surface area contributed by atoms with Crippen LogP contribution in [0.25, 0.3) is 0 Å². The maximum atomic E-state index is 12.8. The van der Waals surface area contributed by atoms with Crippen LogP contribution in [0.2, 0.25) is 0 Å². The summed E-state index contributed by atoms with van der Waals surface area (Å²) in [5.74, 6) is 0.832. The molecule has 63 heavy (non-hydrogen) atoms. The number of esters is 3. The van der Waals surface area contributed by atoms with Crippen molar-refractivity contribution in [2.24, 2.45) is 11.8 Å². The second-order valence-electron chi connectivity index (χ2n) is 20.5. The van der Waals surface area contributed by atoms with E-state index in [1.165, 1.54) is 205 Å². The van der Waals surface area contributed by atoms with Crippen molar-refractivity contribution in [3.05, 3.63) is 0 Å². The highest BCUT2D eigenvalue weighted by molar-refractivity contribution is 5.71. The lowest BCUT2D eigenvalue weighted by Gasteiger charge is -2.18. The molecule has 0 saturated heterocycles. The van der Waals surface area contributed by atoms with Gasteiger partial charge in [0, 0.05) is 19.3 Å². The summed E-state index contributed by atoms with van der Waals surface area (Å²) in [4.78, 5) is 38.1. The normalized spacial score (nSPS) is 12.0. The lowest BCUT2D eigenvalue weighted by atomic mass is 10.0. The van der Waals surface area contributed by atoms with E-state index in [9.17, 15) is 14.4 Å². The third kappa shape index (κ3) is 51.3. The first-order chi connectivity index (χ1) is 30.7. The third-order valence-electron chi connectivity index (χ3n) is 13.0. The fourth-order valence-electron chi connectivity index (χ4n) is 8.70. The summed E-state index contributed by atoms with van der Waals surface area (Å²) in [6.07, 6.45) is 52.3. The molecule has 0 spiro atoms. The molecule has 0 aromatic heterocycles. The fourth-order valence-corrected chi connectivity index (χ4v) is 8.70. The minimum atomic E-state index is -0.762. The second kappa shape index (κ2) is 49.8. The molecule has 0 unspecified atom stereocenters. The summed E-state index contributed by atoms with van der Waals surface area (Å²) in [5, 5.41) is 0. The van der Waals surface area contributed by atoms with Crippen LogP contribution in [0.4, 0.5) is 0 Å². The van der Waals surface area contributed by atoms with Crippen molar-refractivity contribution >= 4 is 17.9 Å². The Morgan fingerprint density at radius 1 is 0.302 bits per heavy atom. The smallest absolute Gasteiger partial charge is 0.306 e. The van der Waals surface area contributed by atoms with Gasteiger partial charge >= 0.3 is 17.9 Å². The van der Waals surface area contributed by atoms with Gasteiger partial charge in [0.1, 0.15) is 13.2 Å². The van der Waals surface area contributed by atoms with Gasteiger partial charge in [-0.3, -0.25) is 14.4 Å². The van der Waals surface area contributed by atoms with Crippen molar-refractivity contribution in [2.75, 3.05) is 13.2 Å². The van der Waals surface area contributed by atoms with Gasteiger partial charge in [-0.1, -0.05) is 279 Å². The van der Waals surface area contributed by atoms with Gasteiger partial charge in [-0.15, -0.1) is 0 Å². The van der Waals surface area contributed by atoms with Gasteiger partial charge in [0.05, 0.1) is 0 Å². The van der Waals surface area contributed by atoms with E-state index in [0.29, 0.717) is 19.3 Å². The van der Waals surface area contributed by atoms with Crippen LogP contribution in [0.1, 0.15) is 317 Å². The first-order valence-corrected chi connectivity index (χ1v) is 28.2. The molecule has 0 fully saturated rings. The predicted molar refractivity (Wildman–Crippen MR) is 270 cm³/mol. The highest BCUT2D eigenvalue weighted by atomic mass is 16.6. The summed E-state index contributed by atoms with van der Waals surface area (Å²) in [6, 6.07) is 0. The molecule has 0 aromatic rings. The van der Waals surface area contributed by atoms with Crippen molar-refractivity contribution in [2.45, 2.75) is 323 Å². The Bertz CT molecular complexity index is 962. The number of ether oxygens (including phenoxy) is 3. The highest BCUT2D eigenvalue weighted by Crippen LogP contribution is 2.18. The monoisotopic (exact) mass is 891 g/mol. The molecule has 0 rings (SSSR count). The van der Waals surface area contributed by atoms with Crippen LogP contribution >= 0.6 is 0 Å². The lowest BCUT2D eigenvalue weighted by Crippen LogP contribution is -2.30. The number of rotatable bonds is 51. The Morgan fingerprint density at radius 3 is 0.778 bits per heavy atom. The maximum Gasteiger partial charge on any atom is 0.306 e. The minimum absolute atomic E-state index is 0.0628. The Kier molecular flexibility index (Phi) is 48.6. The van der Waals surface area contributed by atoms with Gasteiger partial charge in [-0.25, -0.2) is 0 Å². The van der Waals surface area contributed by atoms with Crippen LogP contribution < -0.4 is 0 Å². The summed E-state index contributed by atoms with van der Waals surface area (Å²) < 4.78 is 16.9. The van der Waals surface area contributed by atoms with E-state index >= 15 is 0 Å². The van der Waals surface area contributed by atoms with E-state index in [1.54, 1.807) is 0 Å². The number of unbranched alkanes of at least 4 members (excludes halogenated alkanes) is 36. The standard InChI is InChI=1S/C57H110O6/c1-6-7-8-9-10-11-12-13-16-22-27-32-37-42-47-55(58)61-50-54(51-62-56(59)48-43-38-33-28-23-19-18-21-26-31-36-41-46-53(4)5)63-57(60)49-44-39-34-29-24-17-14-15-20-25-30-35-40-45-52(2)3/h52-54H,6-51H2,1-5H3/t54-/m1/s1. The lowest BCUT2D eigenvalue weighted by molar-refractivity contribution is -0.167. The average molecular weight is 892 g/mol. The van der Waals surface area contributed by atoms with Gasteiger partial charge in [0.15, 0.2) is 6.10 Å². The van der Waals surface area contributed by atoms with E-state index in [1.807, 2.05) is 0 Å². The average Bonchev–Trinajstić information content (AvgIpc) is 3.25. The van der Waals surface area contributed by atoms with E-state index in [0.717, 1.165) is 69.6 Å². The summed E-state index contributed by atoms with van der Waals surface area (Å²) in [7, 11) is 0. The van der Waals surface area contributed by atoms with E-state index < -0.39 is 6.10 Å². The fraction of sp³-hybridized carbons (Fsp3) is 0.947. The maximum absolute atomic E-state index is 12.8. The van der Waals surface area contributed by atoms with Gasteiger partial charge < -0.3 is 14.2 Å². The molecule has 0 aliphatic carbocycles. The Labute approximate surface area is 393 Å². The van der Waals surface area contributed by atoms with Crippen molar-refractivity contribution in [1.29, 1.82) is 0 Å². The Morgan fingerprint density at radius 2 is 0.524 bits per heavy atom. The zero-order valence-electron chi connectivity index (χ0n) is 43.2. The van der Waals surface area contributed by atoms with Crippen molar-refractivity contribution in [1.82, 2.24) is 0 Å². The molecular formula is C57H110O6. The number of carbonyl (C=O) groups excluding carboxylic acids is 3. The van der Waals surface area contributed by atoms with Crippen molar-refractivity contribution in [3.8, 4) is 0 Å². The Hall–Kier alpha value is -1.59. The van der Waals surface area contributed by atoms with Gasteiger partial charge in [0.25, 0.3) is 0 Å². The molecule has 0 aliphatic heterocycles. The number of hydrogen-bond donors (Lipinski definition) is 0. The molecule has 0 bridgehead atoms. The molecule has 0 amide bonds. The molecule has 0 N–H and O–H groups in total. The largest absolute Gasteiger partial charge is 0.462 e. The quantitative estimate of drug-likeness (QED) is 0.0344. The molecule has 0 aromatic carbocycles. The molecule has 0 saturated carbocycles. The van der Waals surface area contributed by atoms with Crippen molar-refractivity contribution in [3.63, 3.8) is 0 Å². The zero-order chi connectivity index (χ0) is 46.1. The molecule has 6 heteroatoms. The zero-order valence-corrected chi connectivity index (χ0v) is 43.2. The topological polar surface area (TPSA) is 78.9 Å². The van der Waals surface area contributed by atoms with Crippen LogP contribution in [0.15, 0.2) is 0 Å². The van der Waals surface area contributed by atoms with Crippen LogP contribution in [0.3, 0.4) is 0 Å². The van der Waals surface area contributed by atoms with Crippen LogP contribution in [-0.4, -0.2) is 37.2 Å². The molecule has 6 nitrogen and oxygen atoms in total. The van der Waals surface area contributed by atoms with E-state index in [4.69, 9.17) is 14.2 Å². The van der Waals surface area contributed by atoms with Crippen LogP contribution in [0, 0.1) is 11.8 Å².